The van der Waals surface area contributed by atoms with E-state index >= 15 is 0 Å². The first kappa shape index (κ1) is 10.9. The Labute approximate surface area is 72.0 Å². The molecule has 0 heterocycles. The van der Waals surface area contributed by atoms with Crippen LogP contribution < -0.4 is 0 Å². The number of hydrogen-bond acceptors (Lipinski definition) is 2. The number of allylic oxidation sites excluding steroid dienone is 1. The molecule has 2 N–H and O–H groups in total. The molecular formula is C9H14O3. The molecule has 68 valence electrons. The summed E-state index contributed by atoms with van der Waals surface area (Å²) in [5, 5.41) is 17.7. The van der Waals surface area contributed by atoms with Gasteiger partial charge in [-0.25, -0.2) is 4.79 Å². The Bertz CT molecular complexity index is 224. The van der Waals surface area contributed by atoms with E-state index in [2.05, 4.69) is 0 Å². The predicted molar refractivity (Wildman–Crippen MR) is 46.8 cm³/mol. The fourth-order valence-corrected chi connectivity index (χ4v) is 0.757. The highest BCUT2D eigenvalue weighted by Crippen LogP contribution is 2.07. The maximum absolute atomic E-state index is 10.4. The number of aliphatic hydroxyl groups is 1. The number of carbonyl (C=O) groups is 1. The van der Waals surface area contributed by atoms with Gasteiger partial charge in [0.05, 0.1) is 6.10 Å². The normalized spacial score (nSPS) is 16.0. The summed E-state index contributed by atoms with van der Waals surface area (Å²) in [6, 6.07) is 0. The monoisotopic (exact) mass is 170 g/mol. The van der Waals surface area contributed by atoms with Gasteiger partial charge in [0, 0.05) is 5.57 Å². The molecule has 0 amide bonds. The highest BCUT2D eigenvalue weighted by molar-refractivity contribution is 5.86. The second kappa shape index (κ2) is 4.72. The maximum atomic E-state index is 10.4. The lowest BCUT2D eigenvalue weighted by molar-refractivity contribution is -0.132. The Morgan fingerprint density at radius 1 is 1.50 bits per heavy atom. The van der Waals surface area contributed by atoms with E-state index in [1.807, 2.05) is 0 Å². The zero-order chi connectivity index (χ0) is 9.72. The average Bonchev–Trinajstić information content (AvgIpc) is 1.98. The summed E-state index contributed by atoms with van der Waals surface area (Å²) in [5.41, 5.74) is 0.846. The van der Waals surface area contributed by atoms with Gasteiger partial charge in [0.1, 0.15) is 0 Å². The van der Waals surface area contributed by atoms with Crippen LogP contribution in [0.4, 0.5) is 0 Å². The van der Waals surface area contributed by atoms with Crippen molar-refractivity contribution in [2.75, 3.05) is 0 Å². The van der Waals surface area contributed by atoms with Crippen molar-refractivity contribution in [1.82, 2.24) is 0 Å². The largest absolute Gasteiger partial charge is 0.478 e. The number of rotatable bonds is 3. The minimum absolute atomic E-state index is 0.226. The van der Waals surface area contributed by atoms with Crippen LogP contribution >= 0.6 is 0 Å². The van der Waals surface area contributed by atoms with Crippen LogP contribution in [0.15, 0.2) is 23.3 Å². The van der Waals surface area contributed by atoms with Gasteiger partial charge in [0.2, 0.25) is 0 Å². The van der Waals surface area contributed by atoms with Gasteiger partial charge in [0.25, 0.3) is 0 Å². The quantitative estimate of drug-likeness (QED) is 0.496. The Morgan fingerprint density at radius 2 is 2.00 bits per heavy atom. The van der Waals surface area contributed by atoms with Crippen molar-refractivity contribution in [1.29, 1.82) is 0 Å². The summed E-state index contributed by atoms with van der Waals surface area (Å²) >= 11 is 0. The first-order valence-electron chi connectivity index (χ1n) is 3.75. The van der Waals surface area contributed by atoms with E-state index in [9.17, 15) is 4.79 Å². The number of carboxylic acid groups (broad SMARTS) is 1. The number of carboxylic acids is 1. The molecule has 0 aliphatic heterocycles. The molecule has 3 heteroatoms. The van der Waals surface area contributed by atoms with Crippen LogP contribution in [0.3, 0.4) is 0 Å². The summed E-state index contributed by atoms with van der Waals surface area (Å²) in [6.07, 6.45) is 2.54. The third-order valence-electron chi connectivity index (χ3n) is 1.54. The molecule has 1 unspecified atom stereocenters. The molecule has 1 atom stereocenters. The fraction of sp³-hybridized carbons (Fsp3) is 0.444. The maximum Gasteiger partial charge on any atom is 0.331 e. The molecule has 0 aromatic rings. The summed E-state index contributed by atoms with van der Waals surface area (Å²) in [6.45, 7) is 4.85. The lowest BCUT2D eigenvalue weighted by Gasteiger charge is -2.04. The minimum atomic E-state index is -0.963. The third kappa shape index (κ3) is 3.34. The van der Waals surface area contributed by atoms with Crippen LogP contribution in [-0.4, -0.2) is 22.3 Å². The average molecular weight is 170 g/mol. The first-order valence-corrected chi connectivity index (χ1v) is 3.75. The zero-order valence-electron chi connectivity index (χ0n) is 7.53. The van der Waals surface area contributed by atoms with E-state index in [0.717, 1.165) is 0 Å². The number of hydrogen-bond donors (Lipinski definition) is 2. The van der Waals surface area contributed by atoms with Crippen molar-refractivity contribution in [3.8, 4) is 0 Å². The lowest BCUT2D eigenvalue weighted by Crippen LogP contribution is -2.04. The molecule has 0 fully saturated rings. The lowest BCUT2D eigenvalue weighted by atomic mass is 10.1. The molecule has 0 aliphatic rings. The zero-order valence-corrected chi connectivity index (χ0v) is 7.53. The van der Waals surface area contributed by atoms with Gasteiger partial charge in [-0.05, 0) is 32.4 Å². The highest BCUT2D eigenvalue weighted by Gasteiger charge is 2.04. The van der Waals surface area contributed by atoms with Gasteiger partial charge in [0.15, 0.2) is 0 Å². The smallest absolute Gasteiger partial charge is 0.331 e. The van der Waals surface area contributed by atoms with Crippen molar-refractivity contribution in [3.63, 3.8) is 0 Å². The molecule has 3 nitrogen and oxygen atoms in total. The molecule has 0 radical (unpaired) electrons. The van der Waals surface area contributed by atoms with E-state index in [-0.39, 0.29) is 5.57 Å². The Hall–Kier alpha value is -1.09. The van der Waals surface area contributed by atoms with Gasteiger partial charge in [-0.1, -0.05) is 6.08 Å². The van der Waals surface area contributed by atoms with Crippen LogP contribution in [0.1, 0.15) is 20.8 Å². The molecule has 0 aromatic carbocycles. The summed E-state index contributed by atoms with van der Waals surface area (Å²) < 4.78 is 0. The number of aliphatic hydroxyl groups excluding tert-OH is 1. The second-order valence-electron chi connectivity index (χ2n) is 2.60. The predicted octanol–water partition coefficient (Wildman–Crippen LogP) is 1.34. The standard InChI is InChI=1S/C9H14O3/c1-4-8(7(3)10)5-6(2)9(11)12/h4-5,7,10H,1-3H3,(H,11,12). The van der Waals surface area contributed by atoms with Crippen LogP contribution in [-0.2, 0) is 4.79 Å². The van der Waals surface area contributed by atoms with Gasteiger partial charge >= 0.3 is 5.97 Å². The third-order valence-corrected chi connectivity index (χ3v) is 1.54. The molecule has 0 aromatic heterocycles. The van der Waals surface area contributed by atoms with Gasteiger partial charge in [-0.15, -0.1) is 0 Å². The van der Waals surface area contributed by atoms with Gasteiger partial charge in [-0.2, -0.15) is 0 Å². The molecule has 0 rings (SSSR count). The molecule has 0 aliphatic carbocycles. The molecular weight excluding hydrogens is 156 g/mol. The topological polar surface area (TPSA) is 57.5 Å². The Balaban J connectivity index is 4.60. The first-order chi connectivity index (χ1) is 5.49. The minimum Gasteiger partial charge on any atom is -0.478 e. The molecule has 12 heavy (non-hydrogen) atoms. The molecule has 0 spiro atoms. The van der Waals surface area contributed by atoms with E-state index in [1.165, 1.54) is 13.0 Å². The van der Waals surface area contributed by atoms with Gasteiger partial charge < -0.3 is 10.2 Å². The van der Waals surface area contributed by atoms with Crippen molar-refractivity contribution >= 4 is 5.97 Å². The van der Waals surface area contributed by atoms with E-state index in [1.54, 1.807) is 19.9 Å². The van der Waals surface area contributed by atoms with Crippen LogP contribution in [0.25, 0.3) is 0 Å². The van der Waals surface area contributed by atoms with Crippen molar-refractivity contribution in [2.24, 2.45) is 0 Å². The SMILES string of the molecule is CC=C(C=C(C)C(=O)O)C(C)O. The number of aliphatic carboxylic acids is 1. The van der Waals surface area contributed by atoms with Crippen LogP contribution in [0, 0.1) is 0 Å². The Morgan fingerprint density at radius 3 is 2.25 bits per heavy atom. The highest BCUT2D eigenvalue weighted by atomic mass is 16.4. The molecule has 0 bridgehead atoms. The summed E-state index contributed by atoms with van der Waals surface area (Å²) in [4.78, 5) is 10.4. The Kier molecular flexibility index (Phi) is 4.29. The van der Waals surface area contributed by atoms with Crippen molar-refractivity contribution in [2.45, 2.75) is 26.9 Å². The summed E-state index contributed by atoms with van der Waals surface area (Å²) in [7, 11) is 0. The van der Waals surface area contributed by atoms with Crippen molar-refractivity contribution in [3.05, 3.63) is 23.3 Å². The molecule has 0 saturated carbocycles. The van der Waals surface area contributed by atoms with Gasteiger partial charge in [-0.3, -0.25) is 0 Å². The van der Waals surface area contributed by atoms with Crippen molar-refractivity contribution < 1.29 is 15.0 Å². The van der Waals surface area contributed by atoms with E-state index < -0.39 is 12.1 Å². The van der Waals surface area contributed by atoms with E-state index in [4.69, 9.17) is 10.2 Å². The van der Waals surface area contributed by atoms with Crippen LogP contribution in [0.2, 0.25) is 0 Å². The van der Waals surface area contributed by atoms with Crippen LogP contribution in [0.5, 0.6) is 0 Å². The summed E-state index contributed by atoms with van der Waals surface area (Å²) in [5.74, 6) is -0.963. The fourth-order valence-electron chi connectivity index (χ4n) is 0.757. The molecule has 0 saturated heterocycles. The second-order valence-corrected chi connectivity index (χ2v) is 2.60. The van der Waals surface area contributed by atoms with E-state index in [0.29, 0.717) is 5.57 Å².